The average molecular weight is 314 g/mol. The number of rotatable bonds is 2. The molecule has 8 heteroatoms. The number of amides is 1. The molecule has 2 rings (SSSR count). The molecular weight excluding hydrogens is 294 g/mol. The molecule has 0 spiro atoms. The van der Waals surface area contributed by atoms with Crippen molar-refractivity contribution >= 4 is 29.2 Å². The second-order valence-corrected chi connectivity index (χ2v) is 6.34. The zero-order chi connectivity index (χ0) is 15.6. The van der Waals surface area contributed by atoms with Gasteiger partial charge < -0.3 is 20.7 Å². The van der Waals surface area contributed by atoms with Crippen molar-refractivity contribution in [2.45, 2.75) is 38.8 Å². The lowest BCUT2D eigenvalue weighted by Crippen LogP contribution is -2.36. The number of carbonyl (C=O) groups is 1. The number of nitrogen functional groups attached to an aromatic ring is 1. The summed E-state index contributed by atoms with van der Waals surface area (Å²) < 4.78 is 5.35. The Labute approximate surface area is 128 Å². The number of carbonyl (C=O) groups excluding carboxylic acids is 1. The van der Waals surface area contributed by atoms with Gasteiger partial charge in [-0.15, -0.1) is 0 Å². The monoisotopic (exact) mass is 313 g/mol. The Morgan fingerprint density at radius 1 is 1.57 bits per heavy atom. The number of nitrogens with one attached hydrogen (secondary N) is 1. The van der Waals surface area contributed by atoms with Crippen LogP contribution in [0.15, 0.2) is 6.20 Å². The van der Waals surface area contributed by atoms with Gasteiger partial charge in [-0.2, -0.15) is 4.98 Å². The number of halogens is 1. The third-order valence-corrected chi connectivity index (χ3v) is 3.15. The van der Waals surface area contributed by atoms with E-state index in [2.05, 4.69) is 15.3 Å². The van der Waals surface area contributed by atoms with Crippen LogP contribution in [0.1, 0.15) is 27.2 Å². The third-order valence-electron chi connectivity index (χ3n) is 2.97. The molecule has 1 atom stereocenters. The lowest BCUT2D eigenvalue weighted by atomic mass is 10.2. The summed E-state index contributed by atoms with van der Waals surface area (Å²) in [6, 6.07) is 0.0609. The lowest BCUT2D eigenvalue weighted by Gasteiger charge is -2.24. The number of hydrogen-bond donors (Lipinski definition) is 2. The molecule has 7 nitrogen and oxygen atoms in total. The molecule has 1 fully saturated rings. The van der Waals surface area contributed by atoms with Crippen LogP contribution < -0.4 is 11.1 Å². The third kappa shape index (κ3) is 4.35. The number of nitrogens with two attached hydrogens (primary N) is 1. The quantitative estimate of drug-likeness (QED) is 0.812. The number of aromatic nitrogens is 2. The first-order chi connectivity index (χ1) is 9.74. The molecule has 0 bridgehead atoms. The molecule has 1 aromatic heterocycles. The van der Waals surface area contributed by atoms with E-state index in [0.29, 0.717) is 24.6 Å². The minimum atomic E-state index is -0.493. The van der Waals surface area contributed by atoms with Gasteiger partial charge in [0.1, 0.15) is 5.60 Å². The largest absolute Gasteiger partial charge is 0.444 e. The molecule has 1 aromatic rings. The van der Waals surface area contributed by atoms with E-state index in [9.17, 15) is 4.79 Å². The summed E-state index contributed by atoms with van der Waals surface area (Å²) in [6.07, 6.45) is 1.94. The molecule has 21 heavy (non-hydrogen) atoms. The van der Waals surface area contributed by atoms with Crippen molar-refractivity contribution < 1.29 is 9.53 Å². The van der Waals surface area contributed by atoms with Crippen molar-refractivity contribution in [1.82, 2.24) is 14.9 Å². The summed E-state index contributed by atoms with van der Waals surface area (Å²) in [5.41, 5.74) is 5.73. The number of likely N-dealkylation sites (tertiary alicyclic amines) is 1. The standard InChI is InChI=1S/C13H20ClN5O2/c1-13(2,3)21-12(20)19-5-4-8(7-19)17-10-9(15)6-16-11(14)18-10/h6,8H,4-5,7,15H2,1-3H3,(H,16,17,18)/t8-/m0/s1. The van der Waals surface area contributed by atoms with Gasteiger partial charge in [0.25, 0.3) is 0 Å². The second-order valence-electron chi connectivity index (χ2n) is 6.00. The molecule has 1 amide bonds. The Bertz CT molecular complexity index is 532. The molecule has 1 saturated heterocycles. The van der Waals surface area contributed by atoms with E-state index >= 15 is 0 Å². The fraction of sp³-hybridized carbons (Fsp3) is 0.615. The van der Waals surface area contributed by atoms with Gasteiger partial charge in [-0.25, -0.2) is 9.78 Å². The maximum atomic E-state index is 12.0. The summed E-state index contributed by atoms with van der Waals surface area (Å²) >= 11 is 5.75. The van der Waals surface area contributed by atoms with Crippen LogP contribution in [0.3, 0.4) is 0 Å². The Hall–Kier alpha value is -1.76. The Balaban J connectivity index is 1.93. The fourth-order valence-electron chi connectivity index (χ4n) is 2.05. The fourth-order valence-corrected chi connectivity index (χ4v) is 2.18. The topological polar surface area (TPSA) is 93.4 Å². The molecular formula is C13H20ClN5O2. The Morgan fingerprint density at radius 2 is 2.29 bits per heavy atom. The highest BCUT2D eigenvalue weighted by molar-refractivity contribution is 6.28. The molecule has 116 valence electrons. The first-order valence-corrected chi connectivity index (χ1v) is 7.15. The van der Waals surface area contributed by atoms with Crippen LogP contribution in [0, 0.1) is 0 Å². The minimum Gasteiger partial charge on any atom is -0.444 e. The van der Waals surface area contributed by atoms with Gasteiger partial charge in [-0.1, -0.05) is 0 Å². The van der Waals surface area contributed by atoms with E-state index < -0.39 is 5.60 Å². The van der Waals surface area contributed by atoms with Gasteiger partial charge in [0.15, 0.2) is 5.82 Å². The van der Waals surface area contributed by atoms with Crippen LogP contribution in [0.2, 0.25) is 5.28 Å². The van der Waals surface area contributed by atoms with Crippen molar-refractivity contribution in [1.29, 1.82) is 0 Å². The summed E-state index contributed by atoms with van der Waals surface area (Å²) in [7, 11) is 0. The number of hydrogen-bond acceptors (Lipinski definition) is 6. The van der Waals surface area contributed by atoms with Crippen molar-refractivity contribution in [2.75, 3.05) is 24.1 Å². The highest BCUT2D eigenvalue weighted by atomic mass is 35.5. The summed E-state index contributed by atoms with van der Waals surface area (Å²) in [6.45, 7) is 6.71. The smallest absolute Gasteiger partial charge is 0.410 e. The number of anilines is 2. The minimum absolute atomic E-state index is 0.0609. The Kier molecular flexibility index (Phi) is 4.41. The van der Waals surface area contributed by atoms with Crippen LogP contribution in [-0.4, -0.2) is 45.7 Å². The SMILES string of the molecule is CC(C)(C)OC(=O)N1CC[C@H](Nc2nc(Cl)ncc2N)C1. The summed E-state index contributed by atoms with van der Waals surface area (Å²) in [4.78, 5) is 21.5. The molecule has 0 aliphatic carbocycles. The van der Waals surface area contributed by atoms with Crippen LogP contribution in [-0.2, 0) is 4.74 Å². The number of ether oxygens (including phenoxy) is 1. The van der Waals surface area contributed by atoms with Crippen molar-refractivity contribution in [3.8, 4) is 0 Å². The van der Waals surface area contributed by atoms with Crippen molar-refractivity contribution in [2.24, 2.45) is 0 Å². The van der Waals surface area contributed by atoms with Gasteiger partial charge in [0.05, 0.1) is 11.9 Å². The molecule has 0 aromatic carbocycles. The molecule has 2 heterocycles. The highest BCUT2D eigenvalue weighted by Crippen LogP contribution is 2.21. The second kappa shape index (κ2) is 5.93. The molecule has 1 aliphatic rings. The molecule has 0 radical (unpaired) electrons. The predicted octanol–water partition coefficient (Wildman–Crippen LogP) is 2.13. The van der Waals surface area contributed by atoms with E-state index in [1.807, 2.05) is 20.8 Å². The van der Waals surface area contributed by atoms with E-state index in [4.69, 9.17) is 22.1 Å². The zero-order valence-corrected chi connectivity index (χ0v) is 13.1. The normalized spacial score (nSPS) is 18.7. The average Bonchev–Trinajstić information content (AvgIpc) is 2.80. The van der Waals surface area contributed by atoms with Crippen LogP contribution in [0.25, 0.3) is 0 Å². The lowest BCUT2D eigenvalue weighted by molar-refractivity contribution is 0.0293. The van der Waals surface area contributed by atoms with Gasteiger partial charge in [-0.3, -0.25) is 0 Å². The van der Waals surface area contributed by atoms with Crippen molar-refractivity contribution in [3.05, 3.63) is 11.5 Å². The predicted molar refractivity (Wildman–Crippen MR) is 81.3 cm³/mol. The van der Waals surface area contributed by atoms with Gasteiger partial charge in [-0.05, 0) is 38.8 Å². The van der Waals surface area contributed by atoms with E-state index in [-0.39, 0.29) is 17.4 Å². The van der Waals surface area contributed by atoms with E-state index in [0.717, 1.165) is 6.42 Å². The zero-order valence-electron chi connectivity index (χ0n) is 12.4. The Morgan fingerprint density at radius 3 is 2.95 bits per heavy atom. The van der Waals surface area contributed by atoms with Crippen LogP contribution in [0.4, 0.5) is 16.3 Å². The molecule has 0 unspecified atom stereocenters. The van der Waals surface area contributed by atoms with Gasteiger partial charge in [0, 0.05) is 19.1 Å². The summed E-state index contributed by atoms with van der Waals surface area (Å²) in [5, 5.41) is 3.32. The first-order valence-electron chi connectivity index (χ1n) is 6.77. The maximum absolute atomic E-state index is 12.0. The molecule has 0 saturated carbocycles. The number of nitrogens with zero attached hydrogens (tertiary/aromatic N) is 3. The van der Waals surface area contributed by atoms with Gasteiger partial charge >= 0.3 is 6.09 Å². The van der Waals surface area contributed by atoms with Crippen LogP contribution >= 0.6 is 11.6 Å². The van der Waals surface area contributed by atoms with E-state index in [1.165, 1.54) is 6.20 Å². The maximum Gasteiger partial charge on any atom is 0.410 e. The highest BCUT2D eigenvalue weighted by Gasteiger charge is 2.30. The molecule has 3 N–H and O–H groups in total. The van der Waals surface area contributed by atoms with Gasteiger partial charge in [0.2, 0.25) is 5.28 Å². The van der Waals surface area contributed by atoms with Crippen molar-refractivity contribution in [3.63, 3.8) is 0 Å². The molecule has 1 aliphatic heterocycles. The first kappa shape index (κ1) is 15.6. The van der Waals surface area contributed by atoms with E-state index in [1.54, 1.807) is 4.90 Å². The summed E-state index contributed by atoms with van der Waals surface area (Å²) in [5.74, 6) is 0.492. The van der Waals surface area contributed by atoms with Crippen LogP contribution in [0.5, 0.6) is 0 Å².